The van der Waals surface area contributed by atoms with E-state index in [1.54, 1.807) is 12.1 Å². The number of hydrogen-bond donors (Lipinski definition) is 1. The lowest BCUT2D eigenvalue weighted by Gasteiger charge is -2.15. The summed E-state index contributed by atoms with van der Waals surface area (Å²) < 4.78 is 14.4. The third kappa shape index (κ3) is 2.27. The molecule has 18 heavy (non-hydrogen) atoms. The molecule has 96 valence electrons. The number of benzene rings is 1. The highest BCUT2D eigenvalue weighted by molar-refractivity contribution is 5.42. The summed E-state index contributed by atoms with van der Waals surface area (Å²) in [6, 6.07) is 5.97. The smallest absolute Gasteiger partial charge is 0.246 e. The molecule has 0 fully saturated rings. The molecule has 0 atom stereocenters. The summed E-state index contributed by atoms with van der Waals surface area (Å²) >= 11 is 0. The molecule has 0 unspecified atom stereocenters. The first kappa shape index (κ1) is 12.3. The minimum atomic E-state index is -0.290. The maximum absolute atomic E-state index is 12.9. The molecule has 6 heteroatoms. The zero-order chi connectivity index (χ0) is 13.1. The summed E-state index contributed by atoms with van der Waals surface area (Å²) in [4.78, 5) is 6.21. The van der Waals surface area contributed by atoms with Crippen LogP contribution >= 0.6 is 0 Å². The van der Waals surface area contributed by atoms with Crippen molar-refractivity contribution in [1.29, 1.82) is 0 Å². The van der Waals surface area contributed by atoms with Gasteiger partial charge in [-0.05, 0) is 38.1 Å². The molecule has 0 radical (unpaired) electrons. The zero-order valence-electron chi connectivity index (χ0n) is 10.5. The summed E-state index contributed by atoms with van der Waals surface area (Å²) in [5.74, 6) is 0.590. The van der Waals surface area contributed by atoms with Crippen molar-refractivity contribution in [2.75, 3.05) is 23.7 Å². The second-order valence-electron chi connectivity index (χ2n) is 3.83. The van der Waals surface area contributed by atoms with Crippen molar-refractivity contribution in [3.63, 3.8) is 0 Å². The van der Waals surface area contributed by atoms with Crippen molar-refractivity contribution < 1.29 is 4.39 Å². The molecule has 5 nitrogen and oxygen atoms in total. The number of halogens is 1. The average molecular weight is 249 g/mol. The minimum absolute atomic E-state index is 0.290. The first-order valence-corrected chi connectivity index (χ1v) is 5.89. The van der Waals surface area contributed by atoms with E-state index in [1.165, 1.54) is 16.8 Å². The lowest BCUT2D eigenvalue weighted by atomic mass is 10.3. The van der Waals surface area contributed by atoms with E-state index in [-0.39, 0.29) is 5.82 Å². The van der Waals surface area contributed by atoms with E-state index in [4.69, 9.17) is 5.73 Å². The Balaban J connectivity index is 2.37. The SMILES string of the molecule is CCN(CC)c1nc(N)n(-c2ccc(F)cc2)n1. The summed E-state index contributed by atoms with van der Waals surface area (Å²) in [5.41, 5.74) is 6.52. The van der Waals surface area contributed by atoms with Crippen LogP contribution in [0.5, 0.6) is 0 Å². The molecule has 2 aromatic rings. The van der Waals surface area contributed by atoms with Crippen molar-refractivity contribution in [3.8, 4) is 5.69 Å². The van der Waals surface area contributed by atoms with Gasteiger partial charge in [0, 0.05) is 13.1 Å². The Morgan fingerprint density at radius 3 is 2.39 bits per heavy atom. The molecule has 0 bridgehead atoms. The van der Waals surface area contributed by atoms with Gasteiger partial charge in [0.05, 0.1) is 5.69 Å². The number of hydrogen-bond acceptors (Lipinski definition) is 4. The van der Waals surface area contributed by atoms with Crippen LogP contribution < -0.4 is 10.6 Å². The van der Waals surface area contributed by atoms with Gasteiger partial charge in [-0.1, -0.05) is 0 Å². The maximum Gasteiger partial charge on any atom is 0.246 e. The zero-order valence-corrected chi connectivity index (χ0v) is 10.5. The minimum Gasteiger partial charge on any atom is -0.368 e. The Morgan fingerprint density at radius 2 is 1.83 bits per heavy atom. The van der Waals surface area contributed by atoms with Crippen LogP contribution in [-0.2, 0) is 0 Å². The highest BCUT2D eigenvalue weighted by atomic mass is 19.1. The van der Waals surface area contributed by atoms with Gasteiger partial charge in [0.25, 0.3) is 0 Å². The van der Waals surface area contributed by atoms with Gasteiger partial charge in [-0.2, -0.15) is 9.67 Å². The summed E-state index contributed by atoms with van der Waals surface area (Å²) in [7, 11) is 0. The predicted octanol–water partition coefficient (Wildman–Crippen LogP) is 1.83. The molecule has 0 saturated carbocycles. The fourth-order valence-electron chi connectivity index (χ4n) is 1.73. The Morgan fingerprint density at radius 1 is 1.22 bits per heavy atom. The third-order valence-electron chi connectivity index (χ3n) is 2.74. The van der Waals surface area contributed by atoms with Gasteiger partial charge in [-0.3, -0.25) is 0 Å². The Kier molecular flexibility index (Phi) is 3.45. The van der Waals surface area contributed by atoms with E-state index in [0.29, 0.717) is 17.6 Å². The Hall–Kier alpha value is -2.11. The van der Waals surface area contributed by atoms with Gasteiger partial charge in [-0.15, -0.1) is 5.10 Å². The first-order chi connectivity index (χ1) is 8.65. The fourth-order valence-corrected chi connectivity index (χ4v) is 1.73. The molecule has 1 aromatic carbocycles. The van der Waals surface area contributed by atoms with Crippen LogP contribution in [0.1, 0.15) is 13.8 Å². The molecule has 0 amide bonds. The van der Waals surface area contributed by atoms with E-state index < -0.39 is 0 Å². The van der Waals surface area contributed by atoms with Crippen molar-refractivity contribution in [1.82, 2.24) is 14.8 Å². The molecule has 0 aliphatic rings. The highest BCUT2D eigenvalue weighted by Gasteiger charge is 2.12. The Labute approximate surface area is 105 Å². The quantitative estimate of drug-likeness (QED) is 0.898. The van der Waals surface area contributed by atoms with E-state index in [1.807, 2.05) is 18.7 Å². The normalized spacial score (nSPS) is 10.6. The van der Waals surface area contributed by atoms with Crippen LogP contribution in [0.15, 0.2) is 24.3 Å². The lowest BCUT2D eigenvalue weighted by molar-refractivity contribution is 0.627. The molecular formula is C12H16FN5. The van der Waals surface area contributed by atoms with Gasteiger partial charge in [0.2, 0.25) is 11.9 Å². The van der Waals surface area contributed by atoms with Gasteiger partial charge >= 0.3 is 0 Å². The van der Waals surface area contributed by atoms with Crippen LogP contribution in [0.2, 0.25) is 0 Å². The largest absolute Gasteiger partial charge is 0.368 e. The van der Waals surface area contributed by atoms with Crippen LogP contribution in [0, 0.1) is 5.82 Å². The number of rotatable bonds is 4. The van der Waals surface area contributed by atoms with Crippen LogP contribution in [0.3, 0.4) is 0 Å². The number of nitrogen functional groups attached to an aromatic ring is 1. The molecule has 0 saturated heterocycles. The summed E-state index contributed by atoms with van der Waals surface area (Å²) in [5, 5.41) is 4.34. The van der Waals surface area contributed by atoms with E-state index in [2.05, 4.69) is 10.1 Å². The summed E-state index contributed by atoms with van der Waals surface area (Å²) in [6.45, 7) is 5.67. The van der Waals surface area contributed by atoms with Gasteiger partial charge in [0.1, 0.15) is 5.82 Å². The number of nitrogens with zero attached hydrogens (tertiary/aromatic N) is 4. The van der Waals surface area contributed by atoms with Crippen molar-refractivity contribution in [2.24, 2.45) is 0 Å². The second kappa shape index (κ2) is 5.03. The van der Waals surface area contributed by atoms with Crippen LogP contribution in [0.25, 0.3) is 5.69 Å². The van der Waals surface area contributed by atoms with Crippen molar-refractivity contribution in [3.05, 3.63) is 30.1 Å². The van der Waals surface area contributed by atoms with Gasteiger partial charge < -0.3 is 10.6 Å². The Bertz CT molecular complexity index is 516. The molecule has 2 rings (SSSR count). The molecule has 0 aliphatic heterocycles. The standard InChI is InChI=1S/C12H16FN5/c1-3-17(4-2)12-15-11(14)18(16-12)10-7-5-9(13)6-8-10/h5-8H,3-4H2,1-2H3,(H2,14,15,16). The van der Waals surface area contributed by atoms with Crippen molar-refractivity contribution in [2.45, 2.75) is 13.8 Å². The van der Waals surface area contributed by atoms with Crippen molar-refractivity contribution >= 4 is 11.9 Å². The van der Waals surface area contributed by atoms with E-state index in [9.17, 15) is 4.39 Å². The highest BCUT2D eigenvalue weighted by Crippen LogP contribution is 2.16. The molecular weight excluding hydrogens is 233 g/mol. The molecule has 1 heterocycles. The van der Waals surface area contributed by atoms with Crippen LogP contribution in [0.4, 0.5) is 16.3 Å². The lowest BCUT2D eigenvalue weighted by Crippen LogP contribution is -2.23. The number of aromatic nitrogens is 3. The van der Waals surface area contributed by atoms with E-state index >= 15 is 0 Å². The first-order valence-electron chi connectivity index (χ1n) is 5.89. The monoisotopic (exact) mass is 249 g/mol. The van der Waals surface area contributed by atoms with Gasteiger partial charge in [-0.25, -0.2) is 4.39 Å². The fraction of sp³-hybridized carbons (Fsp3) is 0.333. The third-order valence-corrected chi connectivity index (χ3v) is 2.74. The maximum atomic E-state index is 12.9. The van der Waals surface area contributed by atoms with Crippen LogP contribution in [-0.4, -0.2) is 27.9 Å². The molecule has 0 aliphatic carbocycles. The van der Waals surface area contributed by atoms with Gasteiger partial charge in [0.15, 0.2) is 0 Å². The second-order valence-corrected chi connectivity index (χ2v) is 3.83. The molecule has 0 spiro atoms. The average Bonchev–Trinajstić information content (AvgIpc) is 2.74. The predicted molar refractivity (Wildman–Crippen MR) is 69.3 cm³/mol. The number of nitrogens with two attached hydrogens (primary N) is 1. The summed E-state index contributed by atoms with van der Waals surface area (Å²) in [6.07, 6.45) is 0. The van der Waals surface area contributed by atoms with E-state index in [0.717, 1.165) is 13.1 Å². The molecule has 1 aromatic heterocycles. The number of anilines is 2. The molecule has 2 N–H and O–H groups in total. The topological polar surface area (TPSA) is 60.0 Å².